The number of aromatic nitrogens is 6. The molecule has 0 bridgehead atoms. The van der Waals surface area contributed by atoms with Crippen LogP contribution >= 0.6 is 11.8 Å². The molecule has 51 heavy (non-hydrogen) atoms. The van der Waals surface area contributed by atoms with Crippen LogP contribution in [0.4, 0.5) is 0 Å². The number of aromatic amines is 3. The number of carboxylic acids is 1. The van der Waals surface area contributed by atoms with Crippen molar-refractivity contribution in [2.45, 2.75) is 62.3 Å². The second kappa shape index (κ2) is 18.9. The highest BCUT2D eigenvalue weighted by molar-refractivity contribution is 7.98. The Morgan fingerprint density at radius 2 is 1.14 bits per heavy atom. The Labute approximate surface area is 296 Å². The summed E-state index contributed by atoms with van der Waals surface area (Å²) in [4.78, 5) is 86.9. The molecule has 5 atom stereocenters. The van der Waals surface area contributed by atoms with E-state index >= 15 is 0 Å². The quantitative estimate of drug-likeness (QED) is 0.0522. The van der Waals surface area contributed by atoms with Crippen LogP contribution in [0, 0.1) is 0 Å². The first kappa shape index (κ1) is 38.1. The highest BCUT2D eigenvalue weighted by atomic mass is 32.2. The topological polar surface area (TPSA) is 286 Å². The number of phenolic OH excluding ortho intramolecular Hbond substituents is 1. The zero-order chi connectivity index (χ0) is 36.8. The SMILES string of the molecule is CSCC[C@H](NC(=O)[C@H](Cc1cnc[nH]1)NC(=O)[C@H](Cc1cnc[nH]1)NC(=O)[C@@H](N)Cc1cnc[nH]1)C(=O)N[C@@H](Cc1ccc(O)cc1)C(=O)O. The van der Waals surface area contributed by atoms with Crippen molar-refractivity contribution in [1.82, 2.24) is 51.2 Å². The summed E-state index contributed by atoms with van der Waals surface area (Å²) in [7, 11) is 0. The van der Waals surface area contributed by atoms with Gasteiger partial charge in [0.1, 0.15) is 29.9 Å². The summed E-state index contributed by atoms with van der Waals surface area (Å²) in [6.45, 7) is 0. The normalized spacial score (nSPS) is 14.0. The third-order valence-electron chi connectivity index (χ3n) is 7.79. The smallest absolute Gasteiger partial charge is 0.326 e. The third-order valence-corrected chi connectivity index (χ3v) is 8.43. The molecule has 1 aromatic carbocycles. The molecule has 19 heteroatoms. The number of amides is 4. The Morgan fingerprint density at radius 3 is 1.61 bits per heavy atom. The molecule has 0 aliphatic heterocycles. The first-order chi connectivity index (χ1) is 24.5. The molecule has 0 radical (unpaired) electrons. The monoisotopic (exact) mass is 723 g/mol. The predicted molar refractivity (Wildman–Crippen MR) is 185 cm³/mol. The molecule has 0 aliphatic rings. The van der Waals surface area contributed by atoms with Crippen molar-refractivity contribution < 1.29 is 34.2 Å². The zero-order valence-corrected chi connectivity index (χ0v) is 28.5. The number of carbonyl (C=O) groups is 5. The summed E-state index contributed by atoms with van der Waals surface area (Å²) in [5.74, 6) is -3.62. The number of nitrogens with zero attached hydrogens (tertiary/aromatic N) is 3. The number of H-pyrrole nitrogens is 3. The van der Waals surface area contributed by atoms with E-state index in [0.29, 0.717) is 28.4 Å². The van der Waals surface area contributed by atoms with Crippen molar-refractivity contribution in [3.63, 3.8) is 0 Å². The summed E-state index contributed by atoms with van der Waals surface area (Å²) in [6.07, 6.45) is 10.7. The van der Waals surface area contributed by atoms with Crippen LogP contribution in [0.2, 0.25) is 0 Å². The summed E-state index contributed by atoms with van der Waals surface area (Å²) in [6, 6.07) is -0.0465. The van der Waals surface area contributed by atoms with Crippen molar-refractivity contribution in [1.29, 1.82) is 0 Å². The summed E-state index contributed by atoms with van der Waals surface area (Å²) in [5.41, 5.74) is 8.33. The molecule has 0 saturated heterocycles. The van der Waals surface area contributed by atoms with E-state index in [4.69, 9.17) is 5.73 Å². The van der Waals surface area contributed by atoms with E-state index in [2.05, 4.69) is 51.2 Å². The predicted octanol–water partition coefficient (Wildman–Crippen LogP) is -1.06. The summed E-state index contributed by atoms with van der Waals surface area (Å²) < 4.78 is 0. The number of thioether (sulfide) groups is 1. The maximum atomic E-state index is 13.9. The van der Waals surface area contributed by atoms with Crippen LogP contribution in [0.1, 0.15) is 29.1 Å². The minimum atomic E-state index is -1.33. The molecule has 3 aromatic heterocycles. The number of benzene rings is 1. The fourth-order valence-corrected chi connectivity index (χ4v) is 5.52. The van der Waals surface area contributed by atoms with E-state index < -0.39 is 59.8 Å². The van der Waals surface area contributed by atoms with Gasteiger partial charge >= 0.3 is 5.97 Å². The summed E-state index contributed by atoms with van der Waals surface area (Å²) in [5, 5.41) is 30.0. The minimum absolute atomic E-state index is 0.00939. The van der Waals surface area contributed by atoms with Crippen LogP contribution in [0.3, 0.4) is 0 Å². The molecule has 272 valence electrons. The molecule has 0 saturated carbocycles. The van der Waals surface area contributed by atoms with Crippen molar-refractivity contribution in [2.75, 3.05) is 12.0 Å². The van der Waals surface area contributed by atoms with Crippen molar-refractivity contribution in [3.05, 3.63) is 84.5 Å². The number of aromatic hydroxyl groups is 1. The molecule has 0 unspecified atom stereocenters. The van der Waals surface area contributed by atoms with Gasteiger partial charge in [0.05, 0.1) is 25.0 Å². The van der Waals surface area contributed by atoms with Gasteiger partial charge in [0.15, 0.2) is 0 Å². The van der Waals surface area contributed by atoms with Gasteiger partial charge in [0.25, 0.3) is 0 Å². The van der Waals surface area contributed by atoms with Gasteiger partial charge in [0, 0.05) is 61.4 Å². The lowest BCUT2D eigenvalue weighted by atomic mass is 10.0. The number of hydrogen-bond acceptors (Lipinski definition) is 11. The van der Waals surface area contributed by atoms with Crippen molar-refractivity contribution >= 4 is 41.4 Å². The van der Waals surface area contributed by atoms with Gasteiger partial charge in [-0.2, -0.15) is 11.8 Å². The number of carbonyl (C=O) groups excluding carboxylic acids is 4. The molecule has 4 rings (SSSR count). The van der Waals surface area contributed by atoms with Gasteiger partial charge in [-0.1, -0.05) is 12.1 Å². The first-order valence-corrected chi connectivity index (χ1v) is 17.3. The van der Waals surface area contributed by atoms with Crippen molar-refractivity contribution in [3.8, 4) is 5.75 Å². The van der Waals surface area contributed by atoms with Gasteiger partial charge < -0.3 is 52.2 Å². The molecule has 4 aromatic rings. The van der Waals surface area contributed by atoms with Gasteiger partial charge in [-0.25, -0.2) is 19.7 Å². The van der Waals surface area contributed by atoms with Crippen molar-refractivity contribution in [2.24, 2.45) is 5.73 Å². The fourth-order valence-electron chi connectivity index (χ4n) is 5.04. The molecule has 18 nitrogen and oxygen atoms in total. The lowest BCUT2D eigenvalue weighted by molar-refractivity contribution is -0.142. The Hall–Kier alpha value is -5.69. The Kier molecular flexibility index (Phi) is 14.1. The fraction of sp³-hybridized carbons (Fsp3) is 0.375. The average molecular weight is 724 g/mol. The molecule has 0 aliphatic carbocycles. The van der Waals surface area contributed by atoms with Crippen LogP contribution in [0.5, 0.6) is 5.75 Å². The van der Waals surface area contributed by atoms with Gasteiger partial charge in [-0.15, -0.1) is 0 Å². The molecule has 0 spiro atoms. The number of hydrogen-bond donors (Lipinski definition) is 10. The lowest BCUT2D eigenvalue weighted by Crippen LogP contribution is -2.59. The second-order valence-electron chi connectivity index (χ2n) is 11.7. The van der Waals surface area contributed by atoms with Crippen LogP contribution in [-0.4, -0.2) is 112 Å². The molecule has 3 heterocycles. The van der Waals surface area contributed by atoms with E-state index in [9.17, 15) is 34.2 Å². The number of carboxylic acid groups (broad SMARTS) is 1. The van der Waals surface area contributed by atoms with Crippen LogP contribution in [-0.2, 0) is 49.7 Å². The maximum absolute atomic E-state index is 13.9. The zero-order valence-electron chi connectivity index (χ0n) is 27.7. The Morgan fingerprint density at radius 1 is 0.686 bits per heavy atom. The minimum Gasteiger partial charge on any atom is -0.508 e. The van der Waals surface area contributed by atoms with Crippen LogP contribution < -0.4 is 27.0 Å². The molecule has 0 fully saturated rings. The number of nitrogens with two attached hydrogens (primary N) is 1. The van der Waals surface area contributed by atoms with E-state index in [1.807, 2.05) is 6.26 Å². The molecular weight excluding hydrogens is 682 g/mol. The van der Waals surface area contributed by atoms with Crippen LogP contribution in [0.15, 0.2) is 61.8 Å². The number of rotatable bonds is 20. The van der Waals surface area contributed by atoms with E-state index in [1.54, 1.807) is 12.1 Å². The average Bonchev–Trinajstić information content (AvgIpc) is 3.92. The lowest BCUT2D eigenvalue weighted by Gasteiger charge is -2.26. The largest absolute Gasteiger partial charge is 0.508 e. The number of aliphatic carboxylic acids is 1. The van der Waals surface area contributed by atoms with Crippen LogP contribution in [0.25, 0.3) is 0 Å². The third kappa shape index (κ3) is 12.0. The molecular formula is C32H41N11O7S. The second-order valence-corrected chi connectivity index (χ2v) is 12.7. The number of nitrogens with one attached hydrogen (secondary N) is 7. The Balaban J connectivity index is 1.50. The molecule has 4 amide bonds. The van der Waals surface area contributed by atoms with Gasteiger partial charge in [0.2, 0.25) is 23.6 Å². The number of imidazole rings is 3. The van der Waals surface area contributed by atoms with Gasteiger partial charge in [-0.3, -0.25) is 19.2 Å². The Bertz CT molecular complexity index is 1700. The standard InChI is InChI=1S/C32H41N11O7S/c1-51-7-6-24(29(46)43-27(32(49)50)8-18-2-4-22(44)5-3-18)40-30(47)26(11-21-14-36-17-39-21)42-31(48)25(10-20-13-35-16-38-20)41-28(45)23(33)9-19-12-34-15-37-19/h2-5,12-17,23-27,44H,6-11,33H2,1H3,(H,34,37)(H,35,38)(H,36,39)(H,40,47)(H,41,45)(H,42,48)(H,43,46)(H,49,50)/t23-,24-,25-,26-,27-/m0/s1. The molecule has 11 N–H and O–H groups in total. The number of phenols is 1. The maximum Gasteiger partial charge on any atom is 0.326 e. The van der Waals surface area contributed by atoms with E-state index in [-0.39, 0.29) is 37.9 Å². The van der Waals surface area contributed by atoms with E-state index in [1.165, 1.54) is 61.5 Å². The first-order valence-electron chi connectivity index (χ1n) is 15.9. The van der Waals surface area contributed by atoms with Gasteiger partial charge in [-0.05, 0) is 36.1 Å². The van der Waals surface area contributed by atoms with E-state index in [0.717, 1.165) is 0 Å². The highest BCUT2D eigenvalue weighted by Crippen LogP contribution is 2.12. The highest BCUT2D eigenvalue weighted by Gasteiger charge is 2.32. The summed E-state index contributed by atoms with van der Waals surface area (Å²) >= 11 is 1.42.